The second-order valence-electron chi connectivity index (χ2n) is 10.9. The number of esters is 1. The molecule has 0 spiro atoms. The third-order valence-corrected chi connectivity index (χ3v) is 7.00. The SMILES string of the molecule is CCCc1cc(C(=O)N[C@@H](CC(=O)OC(C)C)Cc2ccccc2)nn1Cc1ccc(-c2ccccc2-c2nnn[nH]2)nc1. The Morgan fingerprint density at radius 2 is 1.75 bits per heavy atom. The van der Waals surface area contributed by atoms with Gasteiger partial charge in [-0.1, -0.05) is 74.0 Å². The van der Waals surface area contributed by atoms with Crippen LogP contribution in [0.4, 0.5) is 0 Å². The van der Waals surface area contributed by atoms with Gasteiger partial charge in [-0.3, -0.25) is 19.3 Å². The Morgan fingerprint density at radius 3 is 2.43 bits per heavy atom. The van der Waals surface area contributed by atoms with E-state index in [-0.39, 0.29) is 24.4 Å². The van der Waals surface area contributed by atoms with Gasteiger partial charge in [0.2, 0.25) is 0 Å². The molecule has 1 amide bonds. The zero-order chi connectivity index (χ0) is 30.9. The molecule has 0 saturated heterocycles. The predicted molar refractivity (Wildman–Crippen MR) is 165 cm³/mol. The number of nitrogens with zero attached hydrogens (tertiary/aromatic N) is 6. The van der Waals surface area contributed by atoms with Crippen LogP contribution in [0.2, 0.25) is 0 Å². The molecule has 11 heteroatoms. The Hall–Kier alpha value is -5.19. The first-order chi connectivity index (χ1) is 21.4. The first-order valence-corrected chi connectivity index (χ1v) is 14.8. The highest BCUT2D eigenvalue weighted by Gasteiger charge is 2.22. The van der Waals surface area contributed by atoms with Crippen LogP contribution in [0.3, 0.4) is 0 Å². The fraction of sp³-hybridized carbons (Fsp3) is 0.303. The van der Waals surface area contributed by atoms with E-state index in [1.54, 1.807) is 0 Å². The summed E-state index contributed by atoms with van der Waals surface area (Å²) >= 11 is 0. The number of benzene rings is 2. The summed E-state index contributed by atoms with van der Waals surface area (Å²) in [6.45, 7) is 6.16. The van der Waals surface area contributed by atoms with Gasteiger partial charge < -0.3 is 10.1 Å². The summed E-state index contributed by atoms with van der Waals surface area (Å²) < 4.78 is 7.21. The largest absolute Gasteiger partial charge is 0.463 e. The van der Waals surface area contributed by atoms with Crippen LogP contribution in [0.15, 0.2) is 79.0 Å². The lowest BCUT2D eigenvalue weighted by molar-refractivity contribution is -0.147. The molecule has 0 radical (unpaired) electrons. The molecule has 2 aromatic carbocycles. The molecular formula is C33H36N8O3. The highest BCUT2D eigenvalue weighted by Crippen LogP contribution is 2.28. The van der Waals surface area contributed by atoms with E-state index < -0.39 is 6.04 Å². The lowest BCUT2D eigenvalue weighted by Gasteiger charge is -2.18. The van der Waals surface area contributed by atoms with E-state index in [4.69, 9.17) is 9.72 Å². The first-order valence-electron chi connectivity index (χ1n) is 14.8. The standard InChI is InChI=1S/C33H36N8O3/c1-4-10-26-19-30(33(43)35-25(18-31(42)44-22(2)3)17-23-11-6-5-7-12-23)38-41(26)21-24-15-16-29(34-20-24)27-13-8-9-14-28(27)32-36-39-40-37-32/h5-9,11-16,19-20,22,25H,4,10,17-18,21H2,1-3H3,(H,35,43)(H,36,37,39,40)/t25-/m1/s1. The number of aromatic nitrogens is 7. The minimum atomic E-state index is -0.441. The molecule has 0 saturated carbocycles. The number of nitrogens with one attached hydrogen (secondary N) is 2. The van der Waals surface area contributed by atoms with Crippen LogP contribution in [0.1, 0.15) is 60.9 Å². The van der Waals surface area contributed by atoms with E-state index in [0.717, 1.165) is 46.5 Å². The monoisotopic (exact) mass is 592 g/mol. The number of hydrogen-bond donors (Lipinski definition) is 2. The summed E-state index contributed by atoms with van der Waals surface area (Å²) in [4.78, 5) is 30.7. The van der Waals surface area contributed by atoms with Crippen molar-refractivity contribution in [2.75, 3.05) is 0 Å². The number of aryl methyl sites for hydroxylation is 1. The molecule has 0 fully saturated rings. The number of ether oxygens (including phenoxy) is 1. The Kier molecular flexibility index (Phi) is 9.85. The van der Waals surface area contributed by atoms with Gasteiger partial charge in [-0.2, -0.15) is 5.10 Å². The van der Waals surface area contributed by atoms with Crippen LogP contribution in [0.5, 0.6) is 0 Å². The lowest BCUT2D eigenvalue weighted by Crippen LogP contribution is -2.39. The second-order valence-corrected chi connectivity index (χ2v) is 10.9. The van der Waals surface area contributed by atoms with Crippen LogP contribution in [0.25, 0.3) is 22.6 Å². The molecule has 0 unspecified atom stereocenters. The molecule has 0 aliphatic rings. The number of hydrogen-bond acceptors (Lipinski definition) is 8. The van der Waals surface area contributed by atoms with E-state index in [0.29, 0.717) is 24.5 Å². The van der Waals surface area contributed by atoms with Crippen LogP contribution in [0, 0.1) is 0 Å². The quantitative estimate of drug-likeness (QED) is 0.186. The van der Waals surface area contributed by atoms with Crippen molar-refractivity contribution in [1.82, 2.24) is 40.7 Å². The molecule has 1 atom stereocenters. The molecule has 0 aliphatic carbocycles. The minimum absolute atomic E-state index is 0.0649. The molecular weight excluding hydrogens is 556 g/mol. The van der Waals surface area contributed by atoms with Crippen molar-refractivity contribution in [3.63, 3.8) is 0 Å². The topological polar surface area (TPSA) is 141 Å². The van der Waals surface area contributed by atoms with Gasteiger partial charge in [0, 0.05) is 29.1 Å². The Bertz CT molecular complexity index is 1670. The number of pyridine rings is 1. The molecule has 3 aromatic heterocycles. The molecule has 3 heterocycles. The van der Waals surface area contributed by atoms with Crippen LogP contribution >= 0.6 is 0 Å². The minimum Gasteiger partial charge on any atom is -0.463 e. The van der Waals surface area contributed by atoms with Gasteiger partial charge >= 0.3 is 5.97 Å². The predicted octanol–water partition coefficient (Wildman–Crippen LogP) is 4.81. The summed E-state index contributed by atoms with van der Waals surface area (Å²) in [5.41, 5.74) is 5.77. The fourth-order valence-corrected chi connectivity index (χ4v) is 5.04. The third kappa shape index (κ3) is 7.80. The third-order valence-electron chi connectivity index (χ3n) is 7.00. The van der Waals surface area contributed by atoms with Gasteiger partial charge in [-0.05, 0) is 60.4 Å². The van der Waals surface area contributed by atoms with E-state index >= 15 is 0 Å². The lowest BCUT2D eigenvalue weighted by atomic mass is 10.0. The van der Waals surface area contributed by atoms with Gasteiger partial charge in [0.25, 0.3) is 5.91 Å². The van der Waals surface area contributed by atoms with Crippen molar-refractivity contribution in [2.45, 2.75) is 65.1 Å². The van der Waals surface area contributed by atoms with E-state index in [2.05, 4.69) is 38.0 Å². The highest BCUT2D eigenvalue weighted by molar-refractivity contribution is 5.93. The zero-order valence-corrected chi connectivity index (χ0v) is 25.1. The van der Waals surface area contributed by atoms with Gasteiger partial charge in [0.15, 0.2) is 5.82 Å². The van der Waals surface area contributed by atoms with Crippen molar-refractivity contribution < 1.29 is 14.3 Å². The van der Waals surface area contributed by atoms with Crippen molar-refractivity contribution in [1.29, 1.82) is 0 Å². The van der Waals surface area contributed by atoms with Crippen molar-refractivity contribution >= 4 is 11.9 Å². The molecule has 44 heavy (non-hydrogen) atoms. The summed E-state index contributed by atoms with van der Waals surface area (Å²) in [5, 5.41) is 21.9. The number of carbonyl (C=O) groups is 2. The Labute approximate surface area is 256 Å². The maximum Gasteiger partial charge on any atom is 0.308 e. The number of tetrazole rings is 1. The summed E-state index contributed by atoms with van der Waals surface area (Å²) in [7, 11) is 0. The Morgan fingerprint density at radius 1 is 0.977 bits per heavy atom. The molecule has 0 aliphatic heterocycles. The maximum atomic E-state index is 13.4. The average molecular weight is 593 g/mol. The number of aromatic amines is 1. The fourth-order valence-electron chi connectivity index (χ4n) is 5.04. The van der Waals surface area contributed by atoms with Gasteiger partial charge in [0.1, 0.15) is 5.69 Å². The zero-order valence-electron chi connectivity index (χ0n) is 25.1. The molecule has 2 N–H and O–H groups in total. The van der Waals surface area contributed by atoms with Crippen molar-refractivity contribution in [3.05, 3.63) is 102 Å². The van der Waals surface area contributed by atoms with E-state index in [1.807, 2.05) is 97.5 Å². The molecule has 0 bridgehead atoms. The number of amides is 1. The van der Waals surface area contributed by atoms with Gasteiger partial charge in [0.05, 0.1) is 24.8 Å². The second kappa shape index (κ2) is 14.3. The highest BCUT2D eigenvalue weighted by atomic mass is 16.5. The smallest absolute Gasteiger partial charge is 0.308 e. The molecule has 5 aromatic rings. The van der Waals surface area contributed by atoms with Crippen LogP contribution in [-0.4, -0.2) is 59.4 Å². The first kappa shape index (κ1) is 30.3. The summed E-state index contributed by atoms with van der Waals surface area (Å²) in [5.74, 6) is -0.110. The van der Waals surface area contributed by atoms with E-state index in [9.17, 15) is 9.59 Å². The summed E-state index contributed by atoms with van der Waals surface area (Å²) in [6, 6.07) is 22.9. The number of rotatable bonds is 13. The van der Waals surface area contributed by atoms with E-state index in [1.165, 1.54) is 0 Å². The van der Waals surface area contributed by atoms with Gasteiger partial charge in [-0.15, -0.1) is 5.10 Å². The maximum absolute atomic E-state index is 13.4. The van der Waals surface area contributed by atoms with Crippen molar-refractivity contribution in [2.24, 2.45) is 0 Å². The van der Waals surface area contributed by atoms with Gasteiger partial charge in [-0.25, -0.2) is 5.10 Å². The average Bonchev–Trinajstić information content (AvgIpc) is 3.69. The van der Waals surface area contributed by atoms with Crippen LogP contribution < -0.4 is 5.32 Å². The summed E-state index contributed by atoms with van der Waals surface area (Å²) in [6.07, 6.45) is 3.81. The Balaban J connectivity index is 1.32. The van der Waals surface area contributed by atoms with Crippen LogP contribution in [-0.2, 0) is 28.9 Å². The van der Waals surface area contributed by atoms with Crippen molar-refractivity contribution in [3.8, 4) is 22.6 Å². The normalized spacial score (nSPS) is 11.8. The molecule has 5 rings (SSSR count). The molecule has 11 nitrogen and oxygen atoms in total. The number of H-pyrrole nitrogens is 1. The molecule has 226 valence electrons. The number of carbonyl (C=O) groups excluding carboxylic acids is 2.